The largest absolute Gasteiger partial charge is 0.495 e. The second-order valence-corrected chi connectivity index (χ2v) is 7.89. The Hall–Kier alpha value is -2.28. The zero-order chi connectivity index (χ0) is 23.9. The highest BCUT2D eigenvalue weighted by molar-refractivity contribution is 5.77. The van der Waals surface area contributed by atoms with Gasteiger partial charge in [-0.1, -0.05) is 34.1 Å². The van der Waals surface area contributed by atoms with Crippen molar-refractivity contribution in [3.63, 3.8) is 0 Å². The lowest BCUT2D eigenvalue weighted by molar-refractivity contribution is -0.105. The summed E-state index contributed by atoms with van der Waals surface area (Å²) < 4.78 is 15.8. The van der Waals surface area contributed by atoms with Gasteiger partial charge in [-0.3, -0.25) is 9.69 Å². The Morgan fingerprint density at radius 2 is 1.71 bits per heavy atom. The number of carbonyl (C=O) groups is 2. The topological polar surface area (TPSA) is 77.1 Å². The summed E-state index contributed by atoms with van der Waals surface area (Å²) in [6.45, 7) is 16.6. The summed E-state index contributed by atoms with van der Waals surface area (Å²) in [6, 6.07) is 3.67. The van der Waals surface area contributed by atoms with Gasteiger partial charge in [0.2, 0.25) is 6.41 Å². The maximum absolute atomic E-state index is 12.1. The van der Waals surface area contributed by atoms with Crippen molar-refractivity contribution in [2.45, 2.75) is 86.4 Å². The van der Waals surface area contributed by atoms with Crippen LogP contribution in [0, 0.1) is 0 Å². The maximum Gasteiger partial charge on any atom is 0.410 e. The number of rotatable bonds is 8. The zero-order valence-corrected chi connectivity index (χ0v) is 20.7. The van der Waals surface area contributed by atoms with Crippen molar-refractivity contribution >= 4 is 18.2 Å². The third-order valence-electron chi connectivity index (χ3n) is 4.10. The number of nitrogens with zero attached hydrogens (tertiary/aromatic N) is 1. The summed E-state index contributed by atoms with van der Waals surface area (Å²) in [7, 11) is 1.54. The quantitative estimate of drug-likeness (QED) is 0.413. The first kappa shape index (κ1) is 28.7. The molecule has 0 aromatic heterocycles. The maximum atomic E-state index is 12.1. The molecule has 0 fully saturated rings. The first-order chi connectivity index (χ1) is 14.8. The Kier molecular flexibility index (Phi) is 14.4. The third kappa shape index (κ3) is 11.1. The number of hydrogen-bond acceptors (Lipinski definition) is 5. The predicted molar refractivity (Wildman–Crippen MR) is 126 cm³/mol. The predicted octanol–water partition coefficient (Wildman–Crippen LogP) is 5.75. The van der Waals surface area contributed by atoms with Crippen LogP contribution in [0.4, 0.5) is 10.5 Å². The monoisotopic (exact) mass is 438 g/mol. The average Bonchev–Trinajstić information content (AvgIpc) is 3.15. The van der Waals surface area contributed by atoms with Crippen molar-refractivity contribution in [1.29, 1.82) is 0 Å². The summed E-state index contributed by atoms with van der Waals surface area (Å²) in [5, 5.41) is 2.60. The van der Waals surface area contributed by atoms with Crippen LogP contribution in [0.3, 0.4) is 0 Å². The number of nitrogens with one attached hydrogen (secondary N) is 1. The van der Waals surface area contributed by atoms with Crippen LogP contribution in [-0.4, -0.2) is 43.3 Å². The molecule has 7 heteroatoms. The molecule has 0 spiro atoms. The van der Waals surface area contributed by atoms with Gasteiger partial charge in [0.1, 0.15) is 11.4 Å². The number of benzene rings is 1. The fourth-order valence-corrected chi connectivity index (χ4v) is 2.72. The van der Waals surface area contributed by atoms with Crippen molar-refractivity contribution < 1.29 is 23.8 Å². The van der Waals surface area contributed by atoms with Crippen molar-refractivity contribution in [3.8, 4) is 5.75 Å². The third-order valence-corrected chi connectivity index (χ3v) is 4.10. The van der Waals surface area contributed by atoms with Gasteiger partial charge in [-0.2, -0.15) is 0 Å². The SMILES string of the molecule is CC.CCCCOCCC.COc1cc2c(cc1NC=O)CN(C(=O)OC(C)(C)C)C2. The molecule has 1 aliphatic heterocycles. The molecule has 31 heavy (non-hydrogen) atoms. The molecule has 2 rings (SSSR count). The number of ether oxygens (including phenoxy) is 3. The second kappa shape index (κ2) is 15.5. The molecule has 7 nitrogen and oxygen atoms in total. The molecule has 1 aromatic rings. The summed E-state index contributed by atoms with van der Waals surface area (Å²) in [4.78, 5) is 24.3. The number of hydrogen-bond donors (Lipinski definition) is 1. The van der Waals surface area contributed by atoms with E-state index < -0.39 is 5.60 Å². The Morgan fingerprint density at radius 3 is 2.19 bits per heavy atom. The Bertz CT molecular complexity index is 650. The van der Waals surface area contributed by atoms with Crippen LogP contribution in [0.5, 0.6) is 5.75 Å². The smallest absolute Gasteiger partial charge is 0.410 e. The molecule has 2 amide bonds. The van der Waals surface area contributed by atoms with E-state index in [9.17, 15) is 9.59 Å². The van der Waals surface area contributed by atoms with Crippen molar-refractivity contribution in [1.82, 2.24) is 4.90 Å². The molecular weight excluding hydrogens is 396 g/mol. The van der Waals surface area contributed by atoms with Gasteiger partial charge in [0.15, 0.2) is 0 Å². The molecule has 1 N–H and O–H groups in total. The van der Waals surface area contributed by atoms with E-state index in [1.54, 1.807) is 4.90 Å². The van der Waals surface area contributed by atoms with Gasteiger partial charge in [-0.15, -0.1) is 0 Å². The molecule has 0 aliphatic carbocycles. The van der Waals surface area contributed by atoms with E-state index in [-0.39, 0.29) is 6.09 Å². The molecule has 1 aromatic carbocycles. The van der Waals surface area contributed by atoms with Crippen molar-refractivity contribution in [2.75, 3.05) is 25.6 Å². The first-order valence-corrected chi connectivity index (χ1v) is 11.2. The number of unbranched alkanes of at least 4 members (excludes halogenated alkanes) is 1. The molecular formula is C24H42N2O5. The Balaban J connectivity index is 0.000000762. The van der Waals surface area contributed by atoms with E-state index in [2.05, 4.69) is 19.2 Å². The van der Waals surface area contributed by atoms with Gasteiger partial charge in [0.05, 0.1) is 12.8 Å². The van der Waals surface area contributed by atoms with Crippen LogP contribution in [0.1, 0.15) is 78.9 Å². The Morgan fingerprint density at radius 1 is 1.10 bits per heavy atom. The van der Waals surface area contributed by atoms with E-state index in [1.807, 2.05) is 46.8 Å². The summed E-state index contributed by atoms with van der Waals surface area (Å²) in [6.07, 6.45) is 3.85. The van der Waals surface area contributed by atoms with Gasteiger partial charge in [0.25, 0.3) is 0 Å². The van der Waals surface area contributed by atoms with Crippen LogP contribution in [-0.2, 0) is 27.4 Å². The minimum atomic E-state index is -0.520. The van der Waals surface area contributed by atoms with Gasteiger partial charge in [-0.05, 0) is 56.9 Å². The highest BCUT2D eigenvalue weighted by atomic mass is 16.6. The molecule has 0 saturated carbocycles. The van der Waals surface area contributed by atoms with Crippen molar-refractivity contribution in [2.24, 2.45) is 0 Å². The molecule has 0 atom stereocenters. The second-order valence-electron chi connectivity index (χ2n) is 7.89. The number of fused-ring (bicyclic) bond motifs is 1. The highest BCUT2D eigenvalue weighted by Crippen LogP contribution is 2.33. The lowest BCUT2D eigenvalue weighted by Gasteiger charge is -2.24. The molecule has 0 radical (unpaired) electrons. The van der Waals surface area contributed by atoms with Crippen LogP contribution in [0.2, 0.25) is 0 Å². The van der Waals surface area contributed by atoms with E-state index in [1.165, 1.54) is 20.0 Å². The number of carbonyl (C=O) groups excluding carboxylic acids is 2. The number of anilines is 1. The van der Waals surface area contributed by atoms with E-state index in [0.717, 1.165) is 30.8 Å². The fourth-order valence-electron chi connectivity index (χ4n) is 2.72. The number of methoxy groups -OCH3 is 1. The van der Waals surface area contributed by atoms with Crippen LogP contribution in [0.15, 0.2) is 12.1 Å². The fraction of sp³-hybridized carbons (Fsp3) is 0.667. The minimum absolute atomic E-state index is 0.345. The van der Waals surface area contributed by atoms with Crippen LogP contribution >= 0.6 is 0 Å². The normalized spacial score (nSPS) is 11.9. The Labute approximate surface area is 188 Å². The van der Waals surface area contributed by atoms with Crippen LogP contribution < -0.4 is 10.1 Å². The molecule has 0 saturated heterocycles. The lowest BCUT2D eigenvalue weighted by atomic mass is 10.1. The number of amides is 2. The minimum Gasteiger partial charge on any atom is -0.495 e. The van der Waals surface area contributed by atoms with Gasteiger partial charge in [0, 0.05) is 26.3 Å². The standard InChI is InChI=1S/C15H20N2O4.C7H16O.C2H6/c1-15(2,3)21-14(19)17-7-10-5-12(16-9-18)13(20-4)6-11(10)8-17;1-3-5-7-8-6-4-2;1-2/h5-6,9H,7-8H2,1-4H3,(H,16,18);3-7H2,1-2H3;1-2H3. The van der Waals surface area contributed by atoms with E-state index in [4.69, 9.17) is 14.2 Å². The summed E-state index contributed by atoms with van der Waals surface area (Å²) in [5.74, 6) is 0.576. The van der Waals surface area contributed by atoms with Gasteiger partial charge < -0.3 is 19.5 Å². The first-order valence-electron chi connectivity index (χ1n) is 11.2. The van der Waals surface area contributed by atoms with Gasteiger partial charge in [-0.25, -0.2) is 4.79 Å². The van der Waals surface area contributed by atoms with E-state index >= 15 is 0 Å². The molecule has 0 unspecified atom stereocenters. The highest BCUT2D eigenvalue weighted by Gasteiger charge is 2.28. The van der Waals surface area contributed by atoms with Gasteiger partial charge >= 0.3 is 6.09 Å². The summed E-state index contributed by atoms with van der Waals surface area (Å²) >= 11 is 0. The molecule has 178 valence electrons. The van der Waals surface area contributed by atoms with E-state index in [0.29, 0.717) is 30.9 Å². The van der Waals surface area contributed by atoms with Crippen LogP contribution in [0.25, 0.3) is 0 Å². The van der Waals surface area contributed by atoms with Crippen molar-refractivity contribution in [3.05, 3.63) is 23.3 Å². The average molecular weight is 439 g/mol. The zero-order valence-electron chi connectivity index (χ0n) is 20.7. The summed E-state index contributed by atoms with van der Waals surface area (Å²) in [5.41, 5.74) is 2.05. The molecule has 1 heterocycles. The lowest BCUT2D eigenvalue weighted by Crippen LogP contribution is -2.33. The molecule has 1 aliphatic rings. The molecule has 0 bridgehead atoms.